The smallest absolute Gasteiger partial charge is 0.416 e. The van der Waals surface area contributed by atoms with Crippen molar-refractivity contribution in [3.8, 4) is 11.6 Å². The Bertz CT molecular complexity index is 956. The first kappa shape index (κ1) is 18.4. The van der Waals surface area contributed by atoms with Crippen LogP contribution in [0, 0.1) is 5.82 Å². The molecule has 0 aliphatic rings. The Balaban J connectivity index is 1.75. The highest BCUT2D eigenvalue weighted by atomic mass is 19.4. The van der Waals surface area contributed by atoms with Crippen molar-refractivity contribution >= 4 is 11.6 Å². The first-order valence-corrected chi connectivity index (χ1v) is 7.70. The Morgan fingerprint density at radius 2 is 1.67 bits per heavy atom. The highest BCUT2D eigenvalue weighted by Crippen LogP contribution is 2.32. The third-order valence-electron chi connectivity index (χ3n) is 3.44. The van der Waals surface area contributed by atoms with Crippen LogP contribution in [0.2, 0.25) is 0 Å². The summed E-state index contributed by atoms with van der Waals surface area (Å²) in [5.74, 6) is -1.12. The van der Waals surface area contributed by atoms with Gasteiger partial charge in [0.2, 0.25) is 5.88 Å². The van der Waals surface area contributed by atoms with Crippen molar-refractivity contribution in [1.82, 2.24) is 4.98 Å². The van der Waals surface area contributed by atoms with Crippen LogP contribution in [0.25, 0.3) is 0 Å². The summed E-state index contributed by atoms with van der Waals surface area (Å²) < 4.78 is 56.5. The van der Waals surface area contributed by atoms with Gasteiger partial charge >= 0.3 is 6.18 Å². The number of benzene rings is 2. The van der Waals surface area contributed by atoms with E-state index in [1.165, 1.54) is 54.6 Å². The summed E-state index contributed by atoms with van der Waals surface area (Å²) in [7, 11) is 0. The summed E-state index contributed by atoms with van der Waals surface area (Å²) in [5.41, 5.74) is -0.499. The molecule has 1 N–H and O–H groups in total. The number of nitrogens with zero attached hydrogens (tertiary/aromatic N) is 1. The van der Waals surface area contributed by atoms with Gasteiger partial charge in [0, 0.05) is 11.8 Å². The standard InChI is InChI=1S/C19H12F4N2O2/c20-13-7-9-14(10-8-13)24-18(26)16-5-2-6-17(25-16)27-15-4-1-3-12(11-15)19(21,22)23/h1-11H,(H,24,26). The lowest BCUT2D eigenvalue weighted by Crippen LogP contribution is -2.13. The van der Waals surface area contributed by atoms with Crippen LogP contribution in [0.1, 0.15) is 16.1 Å². The van der Waals surface area contributed by atoms with Crippen LogP contribution in [0.3, 0.4) is 0 Å². The normalized spacial score (nSPS) is 11.1. The van der Waals surface area contributed by atoms with Gasteiger partial charge in [0.15, 0.2) is 0 Å². The summed E-state index contributed by atoms with van der Waals surface area (Å²) in [6.45, 7) is 0. The Labute approximate surface area is 151 Å². The molecule has 0 atom stereocenters. The fraction of sp³-hybridized carbons (Fsp3) is 0.0526. The van der Waals surface area contributed by atoms with Crippen LogP contribution in [0.4, 0.5) is 23.2 Å². The molecule has 1 amide bonds. The molecule has 8 heteroatoms. The molecule has 1 heterocycles. The maximum Gasteiger partial charge on any atom is 0.416 e. The molecule has 0 spiro atoms. The molecule has 0 aliphatic heterocycles. The van der Waals surface area contributed by atoms with Crippen LogP contribution >= 0.6 is 0 Å². The van der Waals surface area contributed by atoms with Crippen molar-refractivity contribution in [3.63, 3.8) is 0 Å². The summed E-state index contributed by atoms with van der Waals surface area (Å²) in [4.78, 5) is 16.2. The zero-order valence-corrected chi connectivity index (χ0v) is 13.6. The quantitative estimate of drug-likeness (QED) is 0.630. The van der Waals surface area contributed by atoms with Gasteiger partial charge in [0.25, 0.3) is 5.91 Å². The molecule has 2 aromatic carbocycles. The second-order valence-corrected chi connectivity index (χ2v) is 5.45. The van der Waals surface area contributed by atoms with Crippen molar-refractivity contribution in [2.45, 2.75) is 6.18 Å². The number of carbonyl (C=O) groups excluding carboxylic acids is 1. The minimum Gasteiger partial charge on any atom is -0.439 e. The van der Waals surface area contributed by atoms with E-state index in [0.29, 0.717) is 5.69 Å². The Morgan fingerprint density at radius 1 is 0.963 bits per heavy atom. The average Bonchev–Trinajstić information content (AvgIpc) is 2.63. The highest BCUT2D eigenvalue weighted by Gasteiger charge is 2.30. The minimum atomic E-state index is -4.50. The maximum absolute atomic E-state index is 12.9. The molecule has 0 radical (unpaired) electrons. The molecular formula is C19H12F4N2O2. The van der Waals surface area contributed by atoms with Gasteiger partial charge in [0.05, 0.1) is 5.56 Å². The van der Waals surface area contributed by atoms with Gasteiger partial charge in [-0.05, 0) is 48.5 Å². The molecule has 3 aromatic rings. The molecule has 1 aromatic heterocycles. The molecule has 0 saturated carbocycles. The number of hydrogen-bond donors (Lipinski definition) is 1. The van der Waals surface area contributed by atoms with Gasteiger partial charge in [0.1, 0.15) is 17.3 Å². The Morgan fingerprint density at radius 3 is 2.37 bits per heavy atom. The van der Waals surface area contributed by atoms with Gasteiger partial charge in [-0.15, -0.1) is 0 Å². The molecule has 0 bridgehead atoms. The lowest BCUT2D eigenvalue weighted by molar-refractivity contribution is -0.137. The third kappa shape index (κ3) is 4.81. The zero-order chi connectivity index (χ0) is 19.4. The molecule has 0 unspecified atom stereocenters. The van der Waals surface area contributed by atoms with E-state index in [1.54, 1.807) is 0 Å². The van der Waals surface area contributed by atoms with Crippen molar-refractivity contribution < 1.29 is 27.1 Å². The third-order valence-corrected chi connectivity index (χ3v) is 3.44. The van der Waals surface area contributed by atoms with Crippen LogP contribution in [0.15, 0.2) is 66.7 Å². The van der Waals surface area contributed by atoms with E-state index in [9.17, 15) is 22.4 Å². The molecule has 0 saturated heterocycles. The summed E-state index contributed by atoms with van der Waals surface area (Å²) in [5, 5.41) is 2.53. The zero-order valence-electron chi connectivity index (χ0n) is 13.6. The predicted molar refractivity (Wildman–Crippen MR) is 90.1 cm³/mol. The number of nitrogens with one attached hydrogen (secondary N) is 1. The lowest BCUT2D eigenvalue weighted by atomic mass is 10.2. The number of carbonyl (C=O) groups is 1. The summed E-state index contributed by atoms with van der Waals surface area (Å²) in [6, 6.07) is 13.8. The topological polar surface area (TPSA) is 51.2 Å². The second-order valence-electron chi connectivity index (χ2n) is 5.45. The number of hydrogen-bond acceptors (Lipinski definition) is 3. The molecule has 0 fully saturated rings. The van der Waals surface area contributed by atoms with Crippen LogP contribution in [0.5, 0.6) is 11.6 Å². The molecule has 4 nitrogen and oxygen atoms in total. The number of amides is 1. The fourth-order valence-corrected chi connectivity index (χ4v) is 2.18. The highest BCUT2D eigenvalue weighted by molar-refractivity contribution is 6.02. The van der Waals surface area contributed by atoms with Crippen molar-refractivity contribution in [2.75, 3.05) is 5.32 Å². The molecular weight excluding hydrogens is 364 g/mol. The second kappa shape index (κ2) is 7.45. The van der Waals surface area contributed by atoms with E-state index in [-0.39, 0.29) is 17.3 Å². The predicted octanol–water partition coefficient (Wildman–Crippen LogP) is 5.28. The number of rotatable bonds is 4. The molecule has 138 valence electrons. The number of halogens is 4. The monoisotopic (exact) mass is 376 g/mol. The first-order chi connectivity index (χ1) is 12.8. The van der Waals surface area contributed by atoms with Crippen LogP contribution in [-0.2, 0) is 6.18 Å². The minimum absolute atomic E-state index is 0.0104. The van der Waals surface area contributed by atoms with Gasteiger partial charge in [-0.1, -0.05) is 12.1 Å². The number of alkyl halides is 3. The number of pyridine rings is 1. The van der Waals surface area contributed by atoms with Gasteiger partial charge < -0.3 is 10.1 Å². The molecule has 0 aliphatic carbocycles. The van der Waals surface area contributed by atoms with Crippen molar-refractivity contribution in [2.24, 2.45) is 0 Å². The van der Waals surface area contributed by atoms with E-state index in [0.717, 1.165) is 12.1 Å². The fourth-order valence-electron chi connectivity index (χ4n) is 2.18. The van der Waals surface area contributed by atoms with Crippen molar-refractivity contribution in [3.05, 3.63) is 83.8 Å². The van der Waals surface area contributed by atoms with Crippen LogP contribution in [-0.4, -0.2) is 10.9 Å². The van der Waals surface area contributed by atoms with Gasteiger partial charge in [-0.25, -0.2) is 9.37 Å². The Hall–Kier alpha value is -3.42. The lowest BCUT2D eigenvalue weighted by Gasteiger charge is -2.10. The Kier molecular flexibility index (Phi) is 5.07. The summed E-state index contributed by atoms with van der Waals surface area (Å²) >= 11 is 0. The van der Waals surface area contributed by atoms with Gasteiger partial charge in [-0.3, -0.25) is 4.79 Å². The largest absolute Gasteiger partial charge is 0.439 e. The van der Waals surface area contributed by atoms with Crippen molar-refractivity contribution in [1.29, 1.82) is 0 Å². The molecule has 3 rings (SSSR count). The average molecular weight is 376 g/mol. The number of ether oxygens (including phenoxy) is 1. The van der Waals surface area contributed by atoms with E-state index >= 15 is 0 Å². The first-order valence-electron chi connectivity index (χ1n) is 7.70. The van der Waals surface area contributed by atoms with E-state index in [2.05, 4.69) is 10.3 Å². The number of anilines is 1. The van der Waals surface area contributed by atoms with E-state index < -0.39 is 23.5 Å². The van der Waals surface area contributed by atoms with Gasteiger partial charge in [-0.2, -0.15) is 13.2 Å². The molecule has 27 heavy (non-hydrogen) atoms. The maximum atomic E-state index is 12.9. The van der Waals surface area contributed by atoms with Crippen LogP contribution < -0.4 is 10.1 Å². The van der Waals surface area contributed by atoms with E-state index in [1.807, 2.05) is 0 Å². The SMILES string of the molecule is O=C(Nc1ccc(F)cc1)c1cccc(Oc2cccc(C(F)(F)F)c2)n1. The van der Waals surface area contributed by atoms with E-state index in [4.69, 9.17) is 4.74 Å². The summed E-state index contributed by atoms with van der Waals surface area (Å²) in [6.07, 6.45) is -4.50. The number of aromatic nitrogens is 1.